The number of carbonyl (C=O) groups excluding carboxylic acids is 1. The first-order valence-electron chi connectivity index (χ1n) is 6.61. The summed E-state index contributed by atoms with van der Waals surface area (Å²) in [5.41, 5.74) is 2.16. The first-order valence-corrected chi connectivity index (χ1v) is 6.61. The Morgan fingerprint density at radius 3 is 2.89 bits per heavy atom. The number of aryl methyl sites for hydroxylation is 1. The van der Waals surface area contributed by atoms with Crippen molar-refractivity contribution >= 4 is 16.9 Å². The molecule has 2 N–H and O–H groups in total. The molecule has 1 aromatic carbocycles. The van der Waals surface area contributed by atoms with Crippen LogP contribution in [-0.2, 0) is 17.9 Å². The molecule has 0 saturated heterocycles. The highest BCUT2D eigenvalue weighted by molar-refractivity contribution is 5.77. The highest BCUT2D eigenvalue weighted by Crippen LogP contribution is 2.16. The number of hydrogen-bond donors (Lipinski definition) is 2. The fourth-order valence-electron chi connectivity index (χ4n) is 2.11. The van der Waals surface area contributed by atoms with Gasteiger partial charge in [-0.05, 0) is 18.6 Å². The largest absolute Gasteiger partial charge is 0.358 e. The third kappa shape index (κ3) is 3.12. The van der Waals surface area contributed by atoms with Gasteiger partial charge in [0.05, 0.1) is 24.1 Å². The minimum atomic E-state index is -0.0156. The predicted molar refractivity (Wildman–Crippen MR) is 75.8 cm³/mol. The first-order chi connectivity index (χ1) is 9.26. The molecule has 0 aliphatic carbocycles. The zero-order valence-electron chi connectivity index (χ0n) is 11.4. The van der Waals surface area contributed by atoms with Crippen molar-refractivity contribution in [3.05, 3.63) is 30.1 Å². The molecule has 5 heteroatoms. The van der Waals surface area contributed by atoms with Crippen LogP contribution in [0.25, 0.3) is 11.0 Å². The van der Waals surface area contributed by atoms with Crippen LogP contribution in [0, 0.1) is 0 Å². The standard InChI is InChI=1S/C14H20N4O/c1-3-8-18-12-7-5-4-6-11(12)17-13(18)9-16-10-14(19)15-2/h4-7,16H,3,8-10H2,1-2H3,(H,15,19). The van der Waals surface area contributed by atoms with E-state index in [9.17, 15) is 4.79 Å². The molecule has 1 amide bonds. The van der Waals surface area contributed by atoms with Crippen molar-refractivity contribution in [2.75, 3.05) is 13.6 Å². The Bertz CT molecular complexity index is 562. The number of imidazole rings is 1. The van der Waals surface area contributed by atoms with Crippen molar-refractivity contribution in [1.29, 1.82) is 0 Å². The summed E-state index contributed by atoms with van der Waals surface area (Å²) in [6, 6.07) is 8.12. The lowest BCUT2D eigenvalue weighted by atomic mass is 10.3. The van der Waals surface area contributed by atoms with Gasteiger partial charge in [0.25, 0.3) is 0 Å². The molecule has 0 spiro atoms. The van der Waals surface area contributed by atoms with Crippen LogP contribution in [0.4, 0.5) is 0 Å². The minimum Gasteiger partial charge on any atom is -0.358 e. The van der Waals surface area contributed by atoms with E-state index in [4.69, 9.17) is 0 Å². The quantitative estimate of drug-likeness (QED) is 0.822. The van der Waals surface area contributed by atoms with Gasteiger partial charge in [0.2, 0.25) is 5.91 Å². The van der Waals surface area contributed by atoms with Gasteiger partial charge in [0.1, 0.15) is 5.82 Å². The number of aromatic nitrogens is 2. The Hall–Kier alpha value is -1.88. The van der Waals surface area contributed by atoms with Crippen LogP contribution >= 0.6 is 0 Å². The van der Waals surface area contributed by atoms with Crippen LogP contribution in [0.5, 0.6) is 0 Å². The summed E-state index contributed by atoms with van der Waals surface area (Å²) < 4.78 is 2.21. The van der Waals surface area contributed by atoms with Crippen LogP contribution in [0.2, 0.25) is 0 Å². The van der Waals surface area contributed by atoms with Crippen LogP contribution in [-0.4, -0.2) is 29.1 Å². The van der Waals surface area contributed by atoms with Crippen LogP contribution < -0.4 is 10.6 Å². The van der Waals surface area contributed by atoms with Gasteiger partial charge >= 0.3 is 0 Å². The van der Waals surface area contributed by atoms with E-state index in [2.05, 4.69) is 33.2 Å². The second kappa shape index (κ2) is 6.33. The number of fused-ring (bicyclic) bond motifs is 1. The van der Waals surface area contributed by atoms with Gasteiger partial charge in [-0.25, -0.2) is 4.98 Å². The molecule has 19 heavy (non-hydrogen) atoms. The summed E-state index contributed by atoms with van der Waals surface area (Å²) in [6.45, 7) is 4.00. The molecule has 0 aliphatic heterocycles. The van der Waals surface area contributed by atoms with E-state index in [-0.39, 0.29) is 5.91 Å². The van der Waals surface area contributed by atoms with Crippen molar-refractivity contribution < 1.29 is 4.79 Å². The van der Waals surface area contributed by atoms with E-state index in [1.165, 1.54) is 0 Å². The normalized spacial score (nSPS) is 10.8. The maximum absolute atomic E-state index is 11.2. The van der Waals surface area contributed by atoms with Gasteiger partial charge < -0.3 is 15.2 Å². The predicted octanol–water partition coefficient (Wildman–Crippen LogP) is 1.28. The summed E-state index contributed by atoms with van der Waals surface area (Å²) in [5, 5.41) is 5.71. The van der Waals surface area contributed by atoms with Crippen molar-refractivity contribution in [2.24, 2.45) is 0 Å². The molecule has 1 aromatic heterocycles. The lowest BCUT2D eigenvalue weighted by molar-refractivity contribution is -0.119. The molecule has 102 valence electrons. The van der Waals surface area contributed by atoms with Gasteiger partial charge in [0.15, 0.2) is 0 Å². The smallest absolute Gasteiger partial charge is 0.233 e. The summed E-state index contributed by atoms with van der Waals surface area (Å²) in [4.78, 5) is 15.8. The number of para-hydroxylation sites is 2. The number of carbonyl (C=O) groups is 1. The average Bonchev–Trinajstić information content (AvgIpc) is 2.77. The zero-order chi connectivity index (χ0) is 13.7. The number of likely N-dealkylation sites (N-methyl/N-ethyl adjacent to an activating group) is 1. The molecule has 2 aromatic rings. The number of amides is 1. The van der Waals surface area contributed by atoms with Crippen molar-refractivity contribution in [2.45, 2.75) is 26.4 Å². The number of rotatable bonds is 6. The summed E-state index contributed by atoms with van der Waals surface area (Å²) in [7, 11) is 1.64. The molecule has 0 unspecified atom stereocenters. The zero-order valence-corrected chi connectivity index (χ0v) is 11.4. The number of nitrogens with zero attached hydrogens (tertiary/aromatic N) is 2. The Morgan fingerprint density at radius 1 is 1.37 bits per heavy atom. The van der Waals surface area contributed by atoms with Gasteiger partial charge in [-0.1, -0.05) is 19.1 Å². The third-order valence-corrected chi connectivity index (χ3v) is 3.03. The highest BCUT2D eigenvalue weighted by Gasteiger charge is 2.09. The monoisotopic (exact) mass is 260 g/mol. The molecule has 0 atom stereocenters. The second-order valence-electron chi connectivity index (χ2n) is 4.45. The van der Waals surface area contributed by atoms with E-state index in [1.54, 1.807) is 7.05 Å². The second-order valence-corrected chi connectivity index (χ2v) is 4.45. The topological polar surface area (TPSA) is 59.0 Å². The number of benzene rings is 1. The van der Waals surface area contributed by atoms with E-state index in [0.717, 1.165) is 29.8 Å². The highest BCUT2D eigenvalue weighted by atomic mass is 16.1. The van der Waals surface area contributed by atoms with E-state index in [1.807, 2.05) is 18.2 Å². The molecule has 0 bridgehead atoms. The maximum Gasteiger partial charge on any atom is 0.233 e. The summed E-state index contributed by atoms with van der Waals surface area (Å²) in [5.74, 6) is 0.963. The number of nitrogens with one attached hydrogen (secondary N) is 2. The lowest BCUT2D eigenvalue weighted by Gasteiger charge is -2.08. The fourth-order valence-corrected chi connectivity index (χ4v) is 2.11. The number of hydrogen-bond acceptors (Lipinski definition) is 3. The van der Waals surface area contributed by atoms with Crippen molar-refractivity contribution in [1.82, 2.24) is 20.2 Å². The molecule has 0 fully saturated rings. The average molecular weight is 260 g/mol. The van der Waals surface area contributed by atoms with Crippen LogP contribution in [0.15, 0.2) is 24.3 Å². The fraction of sp³-hybridized carbons (Fsp3) is 0.429. The minimum absolute atomic E-state index is 0.0156. The third-order valence-electron chi connectivity index (χ3n) is 3.03. The molecule has 0 saturated carbocycles. The van der Waals surface area contributed by atoms with Gasteiger partial charge in [-0.3, -0.25) is 4.79 Å². The molecule has 5 nitrogen and oxygen atoms in total. The Balaban J connectivity index is 2.16. The molecule has 2 rings (SSSR count). The van der Waals surface area contributed by atoms with Crippen LogP contribution in [0.3, 0.4) is 0 Å². The Kier molecular flexibility index (Phi) is 4.52. The molecule has 0 aliphatic rings. The first kappa shape index (κ1) is 13.5. The maximum atomic E-state index is 11.2. The molecule has 1 heterocycles. The lowest BCUT2D eigenvalue weighted by Crippen LogP contribution is -2.31. The van der Waals surface area contributed by atoms with E-state index < -0.39 is 0 Å². The van der Waals surface area contributed by atoms with Crippen molar-refractivity contribution in [3.8, 4) is 0 Å². The van der Waals surface area contributed by atoms with Crippen LogP contribution in [0.1, 0.15) is 19.2 Å². The Labute approximate surface area is 113 Å². The van der Waals surface area contributed by atoms with E-state index >= 15 is 0 Å². The van der Waals surface area contributed by atoms with E-state index in [0.29, 0.717) is 13.1 Å². The van der Waals surface area contributed by atoms with Crippen molar-refractivity contribution in [3.63, 3.8) is 0 Å². The SMILES string of the molecule is CCCn1c(CNCC(=O)NC)nc2ccccc21. The molecule has 0 radical (unpaired) electrons. The summed E-state index contributed by atoms with van der Waals surface area (Å²) in [6.07, 6.45) is 1.06. The van der Waals surface area contributed by atoms with Gasteiger partial charge in [0, 0.05) is 13.6 Å². The van der Waals surface area contributed by atoms with Gasteiger partial charge in [-0.15, -0.1) is 0 Å². The molecular weight excluding hydrogens is 240 g/mol. The Morgan fingerprint density at radius 2 is 2.16 bits per heavy atom. The summed E-state index contributed by atoms with van der Waals surface area (Å²) >= 11 is 0. The molecular formula is C14H20N4O. The van der Waals surface area contributed by atoms with Gasteiger partial charge in [-0.2, -0.15) is 0 Å².